The Bertz CT molecular complexity index is 1250. The summed E-state index contributed by atoms with van der Waals surface area (Å²) in [6.07, 6.45) is 1.23. The van der Waals surface area contributed by atoms with E-state index in [-0.39, 0.29) is 10.6 Å². The number of furan rings is 1. The van der Waals surface area contributed by atoms with Gasteiger partial charge in [0.2, 0.25) is 10.0 Å². The Morgan fingerprint density at radius 3 is 2.32 bits per heavy atom. The minimum atomic E-state index is -3.82. The Kier molecular flexibility index (Phi) is 3.88. The molecular weight excluding hydrogens is 382 g/mol. The van der Waals surface area contributed by atoms with Gasteiger partial charge in [0.25, 0.3) is 0 Å². The van der Waals surface area contributed by atoms with Gasteiger partial charge in [-0.1, -0.05) is 18.2 Å². The highest BCUT2D eigenvalue weighted by molar-refractivity contribution is 7.89. The zero-order valence-corrected chi connectivity index (χ0v) is 15.9. The Morgan fingerprint density at radius 2 is 1.68 bits per heavy atom. The highest BCUT2D eigenvalue weighted by atomic mass is 32.2. The fourth-order valence-electron chi connectivity index (χ4n) is 3.47. The Hall–Kier alpha value is -3.10. The summed E-state index contributed by atoms with van der Waals surface area (Å²) in [7, 11) is -3.82. The highest BCUT2D eigenvalue weighted by Crippen LogP contribution is 2.44. The summed E-state index contributed by atoms with van der Waals surface area (Å²) in [5.41, 5.74) is 1.71. The monoisotopic (exact) mass is 399 g/mol. The summed E-state index contributed by atoms with van der Waals surface area (Å²) in [5, 5.41) is 15.6. The molecule has 2 aromatic carbocycles. The number of esters is 1. The number of nitrogens with two attached hydrogens (primary N) is 1. The predicted octanol–water partition coefficient (Wildman–Crippen LogP) is 3.03. The van der Waals surface area contributed by atoms with Crippen LogP contribution in [-0.2, 0) is 19.6 Å². The number of cyclic esters (lactones) is 1. The number of hydrogen-bond acceptors (Lipinski definition) is 6. The number of aromatic hydroxyl groups is 1. The molecule has 0 spiro atoms. The van der Waals surface area contributed by atoms with E-state index in [2.05, 4.69) is 0 Å². The lowest BCUT2D eigenvalue weighted by Crippen LogP contribution is -2.22. The summed E-state index contributed by atoms with van der Waals surface area (Å²) in [5.74, 6) is -0.528. The van der Waals surface area contributed by atoms with E-state index in [1.54, 1.807) is 44.2 Å². The molecule has 0 saturated carbocycles. The second-order valence-electron chi connectivity index (χ2n) is 7.05. The van der Waals surface area contributed by atoms with Gasteiger partial charge in [-0.3, -0.25) is 0 Å². The second-order valence-corrected chi connectivity index (χ2v) is 8.61. The number of primary sulfonamides is 1. The number of ether oxygens (including phenoxy) is 1. The molecule has 0 bridgehead atoms. The van der Waals surface area contributed by atoms with Crippen LogP contribution in [0.3, 0.4) is 0 Å². The molecule has 1 aliphatic heterocycles. The maximum Gasteiger partial charge on any atom is 0.340 e. The van der Waals surface area contributed by atoms with E-state index in [0.717, 1.165) is 0 Å². The van der Waals surface area contributed by atoms with E-state index in [9.17, 15) is 18.3 Å². The van der Waals surface area contributed by atoms with Crippen LogP contribution in [0.5, 0.6) is 5.75 Å². The molecule has 0 amide bonds. The van der Waals surface area contributed by atoms with Crippen molar-refractivity contribution in [1.29, 1.82) is 0 Å². The maximum atomic E-state index is 12.7. The number of benzene rings is 2. The average molecular weight is 399 g/mol. The Labute approximate surface area is 161 Å². The zero-order chi connectivity index (χ0) is 20.3. The van der Waals surface area contributed by atoms with Crippen molar-refractivity contribution in [2.75, 3.05) is 0 Å². The third kappa shape index (κ3) is 2.87. The Morgan fingerprint density at radius 1 is 1.04 bits per heavy atom. The van der Waals surface area contributed by atoms with Crippen LogP contribution in [-0.4, -0.2) is 25.1 Å². The smallest absolute Gasteiger partial charge is 0.340 e. The fraction of sp³-hybridized carbons (Fsp3) is 0.150. The predicted molar refractivity (Wildman–Crippen MR) is 103 cm³/mol. The molecule has 0 atom stereocenters. The van der Waals surface area contributed by atoms with Crippen molar-refractivity contribution in [2.24, 2.45) is 5.14 Å². The topological polar surface area (TPSA) is 120 Å². The molecule has 8 heteroatoms. The first-order valence-electron chi connectivity index (χ1n) is 8.40. The molecule has 0 radical (unpaired) electrons. The molecule has 0 fully saturated rings. The van der Waals surface area contributed by atoms with Crippen LogP contribution in [0.4, 0.5) is 0 Å². The van der Waals surface area contributed by atoms with Crippen LogP contribution in [0.25, 0.3) is 22.1 Å². The van der Waals surface area contributed by atoms with Crippen molar-refractivity contribution in [3.8, 4) is 5.75 Å². The molecule has 144 valence electrons. The number of fused-ring (bicyclic) bond motifs is 1. The minimum Gasteiger partial charge on any atom is -0.504 e. The molecule has 7 nitrogen and oxygen atoms in total. The molecule has 1 aromatic heterocycles. The summed E-state index contributed by atoms with van der Waals surface area (Å²) in [6, 6.07) is 11.0. The van der Waals surface area contributed by atoms with Crippen molar-refractivity contribution >= 4 is 38.1 Å². The molecule has 28 heavy (non-hydrogen) atoms. The first-order valence-corrected chi connectivity index (χ1v) is 9.94. The van der Waals surface area contributed by atoms with Crippen molar-refractivity contribution in [3.63, 3.8) is 0 Å². The quantitative estimate of drug-likeness (QED) is 0.653. The van der Waals surface area contributed by atoms with Crippen LogP contribution in [0.1, 0.15) is 25.0 Å². The van der Waals surface area contributed by atoms with Crippen LogP contribution < -0.4 is 5.14 Å². The van der Waals surface area contributed by atoms with E-state index in [4.69, 9.17) is 14.3 Å². The summed E-state index contributed by atoms with van der Waals surface area (Å²) in [6.45, 7) is 3.52. The van der Waals surface area contributed by atoms with Crippen molar-refractivity contribution < 1.29 is 27.5 Å². The third-order valence-corrected chi connectivity index (χ3v) is 5.65. The first kappa shape index (κ1) is 18.3. The van der Waals surface area contributed by atoms with Crippen LogP contribution in [0, 0.1) is 0 Å². The van der Waals surface area contributed by atoms with E-state index in [1.165, 1.54) is 18.4 Å². The normalized spacial score (nSPS) is 16.6. The maximum absolute atomic E-state index is 12.7. The van der Waals surface area contributed by atoms with Gasteiger partial charge in [0.1, 0.15) is 17.4 Å². The number of sulfonamides is 1. The van der Waals surface area contributed by atoms with Gasteiger partial charge >= 0.3 is 5.97 Å². The Balaban J connectivity index is 1.94. The molecule has 4 rings (SSSR count). The van der Waals surface area contributed by atoms with Gasteiger partial charge in [0, 0.05) is 5.57 Å². The zero-order valence-electron chi connectivity index (χ0n) is 15.1. The lowest BCUT2D eigenvalue weighted by Gasteiger charge is -2.21. The van der Waals surface area contributed by atoms with E-state index in [0.29, 0.717) is 33.2 Å². The van der Waals surface area contributed by atoms with E-state index < -0.39 is 21.6 Å². The van der Waals surface area contributed by atoms with Crippen LogP contribution >= 0.6 is 0 Å². The van der Waals surface area contributed by atoms with Gasteiger partial charge in [0.05, 0.1) is 15.9 Å². The highest BCUT2D eigenvalue weighted by Gasteiger charge is 2.41. The summed E-state index contributed by atoms with van der Waals surface area (Å²) >= 11 is 0. The largest absolute Gasteiger partial charge is 0.504 e. The van der Waals surface area contributed by atoms with E-state index in [1.807, 2.05) is 0 Å². The van der Waals surface area contributed by atoms with Gasteiger partial charge in [0.15, 0.2) is 5.75 Å². The van der Waals surface area contributed by atoms with Crippen molar-refractivity contribution in [3.05, 3.63) is 59.9 Å². The lowest BCUT2D eigenvalue weighted by molar-refractivity contribution is -0.141. The molecule has 3 aromatic rings. The molecule has 2 heterocycles. The SMILES string of the molecule is CC1(C)OC(=O)C(c2ccc3occ(O)c3c2)=C1c1ccc(S(N)(=O)=O)cc1. The molecule has 0 saturated heterocycles. The molecule has 0 aliphatic carbocycles. The summed E-state index contributed by atoms with van der Waals surface area (Å²) in [4.78, 5) is 12.7. The van der Waals surface area contributed by atoms with Gasteiger partial charge in [-0.15, -0.1) is 0 Å². The van der Waals surface area contributed by atoms with Gasteiger partial charge in [-0.25, -0.2) is 18.4 Å². The average Bonchev–Trinajstić information content (AvgIpc) is 3.10. The standard InChI is InChI=1S/C20H17NO6S/c1-20(2)18(11-3-6-13(7-4-11)28(21,24)25)17(19(23)27-20)12-5-8-16-14(9-12)15(22)10-26-16/h3-10,22H,1-2H3,(H2,21,24,25). The number of hydrogen-bond donors (Lipinski definition) is 2. The minimum absolute atomic E-state index is 0.0220. The van der Waals surface area contributed by atoms with Crippen LogP contribution in [0.2, 0.25) is 0 Å². The third-order valence-electron chi connectivity index (χ3n) is 4.72. The van der Waals surface area contributed by atoms with Gasteiger partial charge in [-0.2, -0.15) is 0 Å². The van der Waals surface area contributed by atoms with Gasteiger partial charge < -0.3 is 14.3 Å². The molecule has 1 aliphatic rings. The van der Waals surface area contributed by atoms with Crippen LogP contribution in [0.15, 0.2) is 58.0 Å². The molecule has 3 N–H and O–H groups in total. The van der Waals surface area contributed by atoms with Crippen molar-refractivity contribution in [2.45, 2.75) is 24.3 Å². The van der Waals surface area contributed by atoms with E-state index >= 15 is 0 Å². The van der Waals surface area contributed by atoms with Gasteiger partial charge in [-0.05, 0) is 49.2 Å². The fourth-order valence-corrected chi connectivity index (χ4v) is 3.99. The second kappa shape index (κ2) is 5.95. The molecular formula is C20H17NO6S. The number of carbonyl (C=O) groups is 1. The molecule has 0 unspecified atom stereocenters. The number of rotatable bonds is 3. The lowest BCUT2D eigenvalue weighted by atomic mass is 9.87. The van der Waals surface area contributed by atoms with Crippen molar-refractivity contribution in [1.82, 2.24) is 0 Å². The number of carbonyl (C=O) groups excluding carboxylic acids is 1. The first-order chi connectivity index (χ1) is 13.1. The summed E-state index contributed by atoms with van der Waals surface area (Å²) < 4.78 is 33.8.